The maximum Gasteiger partial charge on any atom is 0.173 e. The first-order chi connectivity index (χ1) is 9.63. The van der Waals surface area contributed by atoms with E-state index in [2.05, 4.69) is 25.0 Å². The number of carbonyl (C=O) groups is 1. The van der Waals surface area contributed by atoms with Crippen molar-refractivity contribution >= 4 is 29.6 Å². The molecule has 1 nitrogen and oxygen atoms in total. The van der Waals surface area contributed by atoms with Crippen LogP contribution in [0.5, 0.6) is 0 Å². The molecule has 0 bridgehead atoms. The molecule has 0 atom stereocenters. The van der Waals surface area contributed by atoms with E-state index in [-0.39, 0.29) is 45.9 Å². The Bertz CT molecular complexity index is 655. The van der Waals surface area contributed by atoms with Gasteiger partial charge in [0.2, 0.25) is 0 Å². The number of Topliss-reactive ketones (excluding diaryl/α,β-unsaturated/α-hetero) is 1. The normalized spacial score (nSPS) is 12.2. The fourth-order valence-corrected chi connectivity index (χ4v) is 3.02. The first kappa shape index (κ1) is 19.6. The Morgan fingerprint density at radius 3 is 2.55 bits per heavy atom. The van der Waals surface area contributed by atoms with Gasteiger partial charge in [-0.25, -0.2) is 0 Å². The van der Waals surface area contributed by atoms with Crippen LogP contribution in [0.4, 0.5) is 0 Å². The van der Waals surface area contributed by atoms with E-state index in [9.17, 15) is 4.79 Å². The second-order valence-corrected chi connectivity index (χ2v) is 6.02. The van der Waals surface area contributed by atoms with E-state index in [4.69, 9.17) is 11.6 Å². The molecule has 1 aliphatic heterocycles. The van der Waals surface area contributed by atoms with Crippen LogP contribution in [0.3, 0.4) is 0 Å². The molecule has 0 saturated heterocycles. The van der Waals surface area contributed by atoms with Gasteiger partial charge >= 0.3 is 0 Å². The number of fused-ring (bicyclic) bond motifs is 1. The van der Waals surface area contributed by atoms with E-state index in [1.807, 2.05) is 0 Å². The summed E-state index contributed by atoms with van der Waals surface area (Å²) in [5.41, 5.74) is 4.70. The third-order valence-electron chi connectivity index (χ3n) is 4.12. The zero-order chi connectivity index (χ0) is 14.1. The smallest absolute Gasteiger partial charge is 0.173 e. The van der Waals surface area contributed by atoms with Crippen molar-refractivity contribution in [2.45, 2.75) is 26.0 Å². The molecule has 111 valence electrons. The molecule has 1 heterocycles. The number of hydrogen-bond donors (Lipinski definition) is 0. The maximum absolute atomic E-state index is 12.3. The molecule has 1 aliphatic rings. The van der Waals surface area contributed by atoms with Gasteiger partial charge in [-0.1, -0.05) is 54.0 Å². The Kier molecular flexibility index (Phi) is 7.52. The molecule has 2 aromatic carbocycles. The zero-order valence-corrected chi connectivity index (χ0v) is 16.7. The Labute approximate surface area is 163 Å². The van der Waals surface area contributed by atoms with Crippen molar-refractivity contribution in [1.29, 1.82) is 0 Å². The topological polar surface area (TPSA) is 17.1 Å². The summed E-state index contributed by atoms with van der Waals surface area (Å²) in [4.78, 5) is 12.3. The summed E-state index contributed by atoms with van der Waals surface area (Å²) in [5.74, 6) is 0.146. The van der Waals surface area contributed by atoms with Gasteiger partial charge in [0.1, 0.15) is 0 Å². The maximum atomic E-state index is 12.3. The Morgan fingerprint density at radius 2 is 1.86 bits per heavy atom. The van der Waals surface area contributed by atoms with E-state index in [0.29, 0.717) is 18.2 Å². The summed E-state index contributed by atoms with van der Waals surface area (Å²) in [6, 6.07) is 13.6. The van der Waals surface area contributed by atoms with Crippen LogP contribution < -0.4 is 5.46 Å². The van der Waals surface area contributed by atoms with Gasteiger partial charge in [0, 0.05) is 49.7 Å². The molecule has 0 spiro atoms. The molecule has 0 aromatic heterocycles. The minimum absolute atomic E-state index is 0. The van der Waals surface area contributed by atoms with E-state index >= 15 is 0 Å². The van der Waals surface area contributed by atoms with Crippen LogP contribution in [0.1, 0.15) is 21.5 Å². The van der Waals surface area contributed by atoms with Crippen LogP contribution in [0.15, 0.2) is 42.5 Å². The number of halogens is 1. The minimum atomic E-state index is 0. The van der Waals surface area contributed by atoms with Crippen LogP contribution in [-0.2, 0) is 45.6 Å². The molecule has 0 N–H and O–H groups in total. The number of carbonyl (C=O) groups excluding carboxylic acids is 1. The van der Waals surface area contributed by atoms with Crippen molar-refractivity contribution in [3.63, 3.8) is 0 Å². The van der Waals surface area contributed by atoms with Crippen LogP contribution in [0.2, 0.25) is 18.2 Å². The number of ketones is 1. The van der Waals surface area contributed by atoms with Gasteiger partial charge in [-0.2, -0.15) is 0 Å². The molecule has 0 fully saturated rings. The van der Waals surface area contributed by atoms with Crippen LogP contribution in [0.25, 0.3) is 0 Å². The van der Waals surface area contributed by atoms with E-state index in [1.54, 1.807) is 24.3 Å². The Morgan fingerprint density at radius 1 is 1.18 bits per heavy atom. The Balaban J connectivity index is 0.00000121. The van der Waals surface area contributed by atoms with Gasteiger partial charge in [0.25, 0.3) is 0 Å². The molecule has 0 amide bonds. The fraction of sp³-hybridized carbons (Fsp3) is 0.222. The molecule has 1 radical (unpaired) electrons. The summed E-state index contributed by atoms with van der Waals surface area (Å²) >= 11 is 5.85. The quantitative estimate of drug-likeness (QED) is 0.441. The second kappa shape index (κ2) is 8.43. The molecule has 4 heteroatoms. The van der Waals surface area contributed by atoms with Crippen molar-refractivity contribution < 1.29 is 37.5 Å². The van der Waals surface area contributed by atoms with E-state index in [1.165, 1.54) is 23.8 Å². The van der Waals surface area contributed by atoms with Gasteiger partial charge in [0.05, 0.1) is 0 Å². The third-order valence-corrected chi connectivity index (χ3v) is 4.37. The van der Waals surface area contributed by atoms with Crippen LogP contribution in [-0.4, -0.2) is 12.5 Å². The van der Waals surface area contributed by atoms with Gasteiger partial charge in [-0.05, 0) is 36.2 Å². The van der Waals surface area contributed by atoms with Gasteiger partial charge in [0.15, 0.2) is 12.5 Å². The fourth-order valence-electron chi connectivity index (χ4n) is 2.89. The molecular formula is C18H19BClOY-. The molecule has 0 saturated carbocycles. The summed E-state index contributed by atoms with van der Waals surface area (Å²) in [6.45, 7) is 2.88. The van der Waals surface area contributed by atoms with Crippen molar-refractivity contribution in [1.82, 2.24) is 0 Å². The first-order valence-electron chi connectivity index (χ1n) is 7.04. The number of aryl methyl sites for hydroxylation is 1. The van der Waals surface area contributed by atoms with Gasteiger partial charge < -0.3 is 7.43 Å². The van der Waals surface area contributed by atoms with Gasteiger partial charge in [-0.15, -0.1) is 0 Å². The summed E-state index contributed by atoms with van der Waals surface area (Å²) in [6.07, 6.45) is 2.85. The first-order valence-corrected chi connectivity index (χ1v) is 7.42. The average Bonchev–Trinajstić information content (AvgIpc) is 2.81. The predicted molar refractivity (Wildman–Crippen MR) is 92.1 cm³/mol. The number of hydrogen-bond acceptors (Lipinski definition) is 1. The van der Waals surface area contributed by atoms with Gasteiger partial charge in [-0.3, -0.25) is 4.79 Å². The van der Waals surface area contributed by atoms with Crippen LogP contribution >= 0.6 is 11.6 Å². The number of benzene rings is 2. The van der Waals surface area contributed by atoms with E-state index < -0.39 is 0 Å². The average molecular weight is 387 g/mol. The number of rotatable bonds is 3. The van der Waals surface area contributed by atoms with Crippen molar-refractivity contribution in [3.8, 4) is 0 Å². The standard InChI is InChI=1S/C17H16BClO.CH3.Y/c1-18-9-8-13-3-2-12(10-16(13)18)11-17(20)14-4-6-15(19)7-5-14;;/h2-7,10H,8-9,11H2,1H3;1H3;/q;-1;. The van der Waals surface area contributed by atoms with Crippen molar-refractivity contribution in [2.75, 3.05) is 0 Å². The molecule has 22 heavy (non-hydrogen) atoms. The molecule has 0 aliphatic carbocycles. The minimum Gasteiger partial charge on any atom is -0.358 e. The summed E-state index contributed by atoms with van der Waals surface area (Å²) in [5, 5.41) is 0.660. The molecular weight excluding hydrogens is 367 g/mol. The molecule has 0 unspecified atom stereocenters. The summed E-state index contributed by atoms with van der Waals surface area (Å²) < 4.78 is 0. The molecule has 3 rings (SSSR count). The van der Waals surface area contributed by atoms with Crippen LogP contribution in [0, 0.1) is 7.43 Å². The zero-order valence-electron chi connectivity index (χ0n) is 13.1. The third kappa shape index (κ3) is 4.31. The largest absolute Gasteiger partial charge is 0.358 e. The summed E-state index contributed by atoms with van der Waals surface area (Å²) in [7, 11) is 0. The predicted octanol–water partition coefficient (Wildman–Crippen LogP) is 4.10. The van der Waals surface area contributed by atoms with Crippen molar-refractivity contribution in [2.24, 2.45) is 0 Å². The SMILES string of the molecule is CB1CCc2ccc(CC(=O)c3ccc(Cl)cc3)cc21.[CH3-].[Y]. The monoisotopic (exact) mass is 386 g/mol. The Hall–Kier alpha value is -0.431. The van der Waals surface area contributed by atoms with E-state index in [0.717, 1.165) is 11.1 Å². The van der Waals surface area contributed by atoms with Crippen molar-refractivity contribution in [3.05, 3.63) is 71.6 Å². The second-order valence-electron chi connectivity index (χ2n) is 5.58. The molecule has 2 aromatic rings.